The van der Waals surface area contributed by atoms with Crippen molar-refractivity contribution in [2.75, 3.05) is 14.1 Å². The molecule has 0 aliphatic heterocycles. The molecule has 0 saturated carbocycles. The van der Waals surface area contributed by atoms with Gasteiger partial charge in [-0.1, -0.05) is 24.3 Å². The predicted molar refractivity (Wildman–Crippen MR) is 94.7 cm³/mol. The highest BCUT2D eigenvalue weighted by molar-refractivity contribution is 5.88. The summed E-state index contributed by atoms with van der Waals surface area (Å²) in [6, 6.07) is 10.4. The number of rotatable bonds is 6. The van der Waals surface area contributed by atoms with E-state index in [4.69, 9.17) is 0 Å². The summed E-state index contributed by atoms with van der Waals surface area (Å²) in [4.78, 5) is 15.1. The molecular formula is C19H26N4O. The minimum Gasteiger partial charge on any atom is -0.352 e. The van der Waals surface area contributed by atoms with Crippen molar-refractivity contribution in [3.63, 3.8) is 0 Å². The Labute approximate surface area is 143 Å². The largest absolute Gasteiger partial charge is 0.352 e. The molecule has 0 fully saturated rings. The second-order valence-corrected chi connectivity index (χ2v) is 6.98. The van der Waals surface area contributed by atoms with Crippen molar-refractivity contribution < 1.29 is 4.79 Å². The second kappa shape index (κ2) is 6.77. The van der Waals surface area contributed by atoms with E-state index < -0.39 is 5.54 Å². The fourth-order valence-electron chi connectivity index (χ4n) is 3.46. The average molecular weight is 326 g/mol. The van der Waals surface area contributed by atoms with Crippen molar-refractivity contribution in [2.45, 2.75) is 44.3 Å². The van der Waals surface area contributed by atoms with E-state index >= 15 is 0 Å². The zero-order valence-electron chi connectivity index (χ0n) is 14.7. The molecule has 1 aliphatic carbocycles. The molecule has 0 spiro atoms. The number of nitrogens with zero attached hydrogens (tertiary/aromatic N) is 3. The molecule has 5 heteroatoms. The molecule has 3 rings (SSSR count). The van der Waals surface area contributed by atoms with Crippen molar-refractivity contribution in [1.82, 2.24) is 20.0 Å². The standard InChI is InChI=1S/C19H26N4O/c1-15(9-12-23-11-6-10-20-23)21-18(24)19(22(2)3)13-16-7-4-5-8-17(16)14-19/h4-8,10-11,15H,9,12-14H2,1-3H3,(H,21,24)/t15-/m0/s1. The number of carbonyl (C=O) groups excluding carboxylic acids is 1. The second-order valence-electron chi connectivity index (χ2n) is 6.98. The van der Waals surface area contributed by atoms with Crippen LogP contribution in [0.25, 0.3) is 0 Å². The van der Waals surface area contributed by atoms with E-state index in [0.717, 1.165) is 25.8 Å². The van der Waals surface area contributed by atoms with E-state index in [0.29, 0.717) is 0 Å². The lowest BCUT2D eigenvalue weighted by Gasteiger charge is -2.35. The van der Waals surface area contributed by atoms with Crippen LogP contribution in [0.3, 0.4) is 0 Å². The van der Waals surface area contributed by atoms with Gasteiger partial charge in [0.2, 0.25) is 5.91 Å². The fourth-order valence-corrected chi connectivity index (χ4v) is 3.46. The summed E-state index contributed by atoms with van der Waals surface area (Å²) in [7, 11) is 4.00. The quantitative estimate of drug-likeness (QED) is 0.882. The van der Waals surface area contributed by atoms with Crippen molar-refractivity contribution in [1.29, 1.82) is 0 Å². The molecule has 1 amide bonds. The van der Waals surface area contributed by atoms with Gasteiger partial charge in [0.15, 0.2) is 0 Å². The van der Waals surface area contributed by atoms with E-state index in [9.17, 15) is 4.79 Å². The predicted octanol–water partition coefficient (Wildman–Crippen LogP) is 1.88. The zero-order valence-corrected chi connectivity index (χ0v) is 14.7. The first-order valence-corrected chi connectivity index (χ1v) is 8.54. The van der Waals surface area contributed by atoms with E-state index in [-0.39, 0.29) is 11.9 Å². The molecule has 5 nitrogen and oxygen atoms in total. The maximum atomic E-state index is 13.1. The molecule has 0 radical (unpaired) electrons. The van der Waals surface area contributed by atoms with Crippen molar-refractivity contribution in [3.8, 4) is 0 Å². The summed E-state index contributed by atoms with van der Waals surface area (Å²) in [5.74, 6) is 0.122. The molecule has 24 heavy (non-hydrogen) atoms. The minimum atomic E-state index is -0.482. The van der Waals surface area contributed by atoms with Crippen molar-refractivity contribution in [3.05, 3.63) is 53.9 Å². The smallest absolute Gasteiger partial charge is 0.241 e. The van der Waals surface area contributed by atoms with Gasteiger partial charge in [0.05, 0.1) is 0 Å². The summed E-state index contributed by atoms with van der Waals surface area (Å²) in [5.41, 5.74) is 2.08. The molecule has 1 aromatic heterocycles. The Morgan fingerprint density at radius 3 is 2.50 bits per heavy atom. The molecule has 0 unspecified atom stereocenters. The molecule has 128 valence electrons. The molecule has 1 heterocycles. The first-order chi connectivity index (χ1) is 11.5. The van der Waals surface area contributed by atoms with Gasteiger partial charge < -0.3 is 5.32 Å². The Kier molecular flexibility index (Phi) is 4.71. The van der Waals surface area contributed by atoms with Gasteiger partial charge in [0.1, 0.15) is 5.54 Å². The van der Waals surface area contributed by atoms with Crippen LogP contribution in [0.2, 0.25) is 0 Å². The van der Waals surface area contributed by atoms with Gasteiger partial charge in [0.25, 0.3) is 0 Å². The maximum absolute atomic E-state index is 13.1. The lowest BCUT2D eigenvalue weighted by molar-refractivity contribution is -0.132. The number of hydrogen-bond donors (Lipinski definition) is 1. The van der Waals surface area contributed by atoms with Crippen LogP contribution in [0.1, 0.15) is 24.5 Å². The summed E-state index contributed by atoms with van der Waals surface area (Å²) < 4.78 is 1.90. The van der Waals surface area contributed by atoms with E-state index in [1.807, 2.05) is 31.0 Å². The van der Waals surface area contributed by atoms with Gasteiger partial charge in [-0.3, -0.25) is 14.4 Å². The molecule has 1 aromatic carbocycles. The molecule has 0 saturated heterocycles. The Balaban J connectivity index is 1.65. The number of fused-ring (bicyclic) bond motifs is 1. The van der Waals surface area contributed by atoms with E-state index in [1.54, 1.807) is 6.20 Å². The Bertz CT molecular complexity index is 668. The molecular weight excluding hydrogens is 300 g/mol. The third kappa shape index (κ3) is 3.22. The van der Waals surface area contributed by atoms with Crippen LogP contribution in [0.5, 0.6) is 0 Å². The highest BCUT2D eigenvalue weighted by Gasteiger charge is 2.45. The normalized spacial score (nSPS) is 16.8. The number of hydrogen-bond acceptors (Lipinski definition) is 3. The Morgan fingerprint density at radius 1 is 1.29 bits per heavy atom. The van der Waals surface area contributed by atoms with Gasteiger partial charge >= 0.3 is 0 Å². The monoisotopic (exact) mass is 326 g/mol. The number of amides is 1. The van der Waals surface area contributed by atoms with Crippen LogP contribution in [0.4, 0.5) is 0 Å². The first-order valence-electron chi connectivity index (χ1n) is 8.54. The number of benzene rings is 1. The zero-order chi connectivity index (χ0) is 17.2. The fraction of sp³-hybridized carbons (Fsp3) is 0.474. The molecule has 2 aromatic rings. The first kappa shape index (κ1) is 16.7. The van der Waals surface area contributed by atoms with Crippen LogP contribution in [0.15, 0.2) is 42.7 Å². The van der Waals surface area contributed by atoms with Gasteiger partial charge in [-0.05, 0) is 44.6 Å². The molecule has 1 N–H and O–H groups in total. The number of nitrogens with one attached hydrogen (secondary N) is 1. The van der Waals surface area contributed by atoms with Crippen molar-refractivity contribution in [2.24, 2.45) is 0 Å². The Hall–Kier alpha value is -2.14. The van der Waals surface area contributed by atoms with Gasteiger partial charge in [-0.25, -0.2) is 0 Å². The summed E-state index contributed by atoms with van der Waals surface area (Å²) in [5, 5.41) is 7.43. The van der Waals surface area contributed by atoms with Crippen LogP contribution >= 0.6 is 0 Å². The molecule has 1 aliphatic rings. The number of aromatic nitrogens is 2. The van der Waals surface area contributed by atoms with E-state index in [1.165, 1.54) is 11.1 Å². The number of aryl methyl sites for hydroxylation is 1. The van der Waals surface area contributed by atoms with Crippen LogP contribution in [-0.2, 0) is 24.2 Å². The maximum Gasteiger partial charge on any atom is 0.241 e. The SMILES string of the molecule is C[C@@H](CCn1cccn1)NC(=O)C1(N(C)C)Cc2ccccc2C1. The van der Waals surface area contributed by atoms with Gasteiger partial charge in [-0.2, -0.15) is 5.10 Å². The van der Waals surface area contributed by atoms with Crippen molar-refractivity contribution >= 4 is 5.91 Å². The van der Waals surface area contributed by atoms with Crippen LogP contribution in [0, 0.1) is 0 Å². The minimum absolute atomic E-state index is 0.113. The van der Waals surface area contributed by atoms with Crippen LogP contribution in [-0.4, -0.2) is 46.3 Å². The highest BCUT2D eigenvalue weighted by Crippen LogP contribution is 2.33. The third-order valence-electron chi connectivity index (χ3n) is 5.09. The topological polar surface area (TPSA) is 50.2 Å². The average Bonchev–Trinajstić information content (AvgIpc) is 3.20. The van der Waals surface area contributed by atoms with Gasteiger partial charge in [0, 0.05) is 37.8 Å². The third-order valence-corrected chi connectivity index (χ3v) is 5.09. The summed E-state index contributed by atoms with van der Waals surface area (Å²) >= 11 is 0. The van der Waals surface area contributed by atoms with E-state index in [2.05, 4.69) is 46.5 Å². The molecule has 0 bridgehead atoms. The lowest BCUT2D eigenvalue weighted by atomic mass is 9.92. The Morgan fingerprint density at radius 2 is 1.96 bits per heavy atom. The number of carbonyl (C=O) groups is 1. The molecule has 1 atom stereocenters. The number of likely N-dealkylation sites (N-methyl/N-ethyl adjacent to an activating group) is 1. The van der Waals surface area contributed by atoms with Gasteiger partial charge in [-0.15, -0.1) is 0 Å². The van der Waals surface area contributed by atoms with Crippen LogP contribution < -0.4 is 5.32 Å². The summed E-state index contributed by atoms with van der Waals surface area (Å²) in [6.07, 6.45) is 6.13. The highest BCUT2D eigenvalue weighted by atomic mass is 16.2. The summed E-state index contributed by atoms with van der Waals surface area (Å²) in [6.45, 7) is 2.87. The lowest BCUT2D eigenvalue weighted by Crippen LogP contribution is -2.58.